The van der Waals surface area contributed by atoms with Crippen molar-refractivity contribution >= 4 is 5.78 Å². The van der Waals surface area contributed by atoms with E-state index in [9.17, 15) is 9.90 Å². The van der Waals surface area contributed by atoms with Crippen LogP contribution in [0, 0.1) is 0 Å². The molecule has 0 atom stereocenters. The van der Waals surface area contributed by atoms with Gasteiger partial charge in [-0.1, -0.05) is 80.5 Å². The summed E-state index contributed by atoms with van der Waals surface area (Å²) in [7, 11) is 0. The van der Waals surface area contributed by atoms with Gasteiger partial charge in [0.2, 0.25) is 0 Å². The summed E-state index contributed by atoms with van der Waals surface area (Å²) in [4.78, 5) is 12.7. The Morgan fingerprint density at radius 3 is 1.88 bits per heavy atom. The Morgan fingerprint density at radius 1 is 0.920 bits per heavy atom. The molecule has 0 saturated carbocycles. The number of unbranched alkanes of at least 4 members (excludes halogenated alkanes) is 5. The van der Waals surface area contributed by atoms with E-state index in [1.165, 1.54) is 0 Å². The Bertz CT molecular complexity index is 556. The molecule has 2 nitrogen and oxygen atoms in total. The zero-order valence-electron chi connectivity index (χ0n) is 18.2. The smallest absolute Gasteiger partial charge is 0.162 e. The number of phenolic OH excluding ortho intramolecular Hbond substituents is 1. The molecule has 1 aromatic rings. The van der Waals surface area contributed by atoms with Gasteiger partial charge in [-0.15, -0.1) is 0 Å². The van der Waals surface area contributed by atoms with Crippen LogP contribution in [0.15, 0.2) is 12.1 Å². The number of ketones is 1. The summed E-state index contributed by atoms with van der Waals surface area (Å²) in [6.45, 7) is 12.9. The van der Waals surface area contributed by atoms with E-state index in [4.69, 9.17) is 1.37 Å². The third-order valence-corrected chi connectivity index (χ3v) is 4.70. The van der Waals surface area contributed by atoms with Crippen LogP contribution in [0.3, 0.4) is 0 Å². The maximum Gasteiger partial charge on any atom is 0.162 e. The molecule has 0 aliphatic carbocycles. The normalized spacial score (nSPS) is 13.0. The number of benzene rings is 1. The number of carbonyl (C=O) groups is 1. The summed E-state index contributed by atoms with van der Waals surface area (Å²) < 4.78 is 7.15. The number of rotatable bonds is 8. The minimum Gasteiger partial charge on any atom is -0.507 e. The second kappa shape index (κ2) is 8.87. The highest BCUT2D eigenvalue weighted by Gasteiger charge is 2.27. The summed E-state index contributed by atoms with van der Waals surface area (Å²) >= 11 is 0. The zero-order valence-corrected chi connectivity index (χ0v) is 17.2. The molecule has 0 heterocycles. The molecule has 142 valence electrons. The molecule has 0 aliphatic rings. The lowest BCUT2D eigenvalue weighted by Gasteiger charge is -2.28. The van der Waals surface area contributed by atoms with Crippen molar-refractivity contribution in [3.8, 4) is 5.75 Å². The van der Waals surface area contributed by atoms with Crippen molar-refractivity contribution in [1.82, 2.24) is 0 Å². The zero-order chi connectivity index (χ0) is 20.0. The Balaban J connectivity index is 2.86. The minimum absolute atomic E-state index is 0.173. The SMILES string of the molecule is [3H]CCCCCCCCC(=O)c1cc(C(C)(C)C)c(O)c(C(C)(C)C)c1. The van der Waals surface area contributed by atoms with Crippen molar-refractivity contribution in [1.29, 1.82) is 0 Å². The van der Waals surface area contributed by atoms with Crippen LogP contribution in [0.4, 0.5) is 0 Å². The van der Waals surface area contributed by atoms with Crippen LogP contribution in [0.25, 0.3) is 0 Å². The maximum atomic E-state index is 12.7. The van der Waals surface area contributed by atoms with Crippen LogP contribution in [-0.2, 0) is 10.8 Å². The molecule has 0 fully saturated rings. The molecule has 25 heavy (non-hydrogen) atoms. The molecule has 1 aromatic carbocycles. The summed E-state index contributed by atoms with van der Waals surface area (Å²) in [5.41, 5.74) is 2.01. The maximum absolute atomic E-state index is 12.7. The van der Waals surface area contributed by atoms with Crippen molar-refractivity contribution in [2.45, 2.75) is 104 Å². The van der Waals surface area contributed by atoms with Crippen LogP contribution in [0.5, 0.6) is 5.75 Å². The molecule has 0 aliphatic heterocycles. The number of Topliss-reactive ketones (excluding diaryl/α,β-unsaturated/α-hetero) is 1. The summed E-state index contributed by atoms with van der Waals surface area (Å²) in [5, 5.41) is 10.8. The van der Waals surface area contributed by atoms with Gasteiger partial charge in [-0.05, 0) is 29.4 Å². The van der Waals surface area contributed by atoms with Crippen LogP contribution in [0.1, 0.15) is 116 Å². The topological polar surface area (TPSA) is 37.3 Å². The van der Waals surface area contributed by atoms with Gasteiger partial charge in [0.1, 0.15) is 5.75 Å². The predicted octanol–water partition coefficient (Wildman–Crippen LogP) is 6.92. The third-order valence-electron chi connectivity index (χ3n) is 4.70. The van der Waals surface area contributed by atoms with Crippen LogP contribution in [-0.4, -0.2) is 10.9 Å². The van der Waals surface area contributed by atoms with Gasteiger partial charge >= 0.3 is 0 Å². The van der Waals surface area contributed by atoms with Gasteiger partial charge < -0.3 is 5.11 Å². The molecular weight excluding hydrogens is 308 g/mol. The molecule has 2 heteroatoms. The van der Waals surface area contributed by atoms with E-state index >= 15 is 0 Å². The quantitative estimate of drug-likeness (QED) is 0.409. The lowest BCUT2D eigenvalue weighted by molar-refractivity contribution is 0.0979. The lowest BCUT2D eigenvalue weighted by atomic mass is 9.78. The molecule has 1 N–H and O–H groups in total. The first-order valence-corrected chi connectivity index (χ1v) is 9.69. The average Bonchev–Trinajstić information content (AvgIpc) is 2.51. The lowest BCUT2D eigenvalue weighted by Crippen LogP contribution is -2.18. The minimum atomic E-state index is -0.210. The van der Waals surface area contributed by atoms with E-state index in [2.05, 4.69) is 41.5 Å². The number of carbonyl (C=O) groups excluding carboxylic acids is 1. The third kappa shape index (κ3) is 6.49. The largest absolute Gasteiger partial charge is 0.507 e. The van der Waals surface area contributed by atoms with Crippen molar-refractivity contribution < 1.29 is 11.3 Å². The van der Waals surface area contributed by atoms with E-state index in [0.29, 0.717) is 19.1 Å². The first-order chi connectivity index (χ1) is 12.0. The molecule has 0 aromatic heterocycles. The Morgan fingerprint density at radius 2 is 1.40 bits per heavy atom. The first-order valence-electron chi connectivity index (χ1n) is 10.4. The highest BCUT2D eigenvalue weighted by molar-refractivity contribution is 5.96. The molecule has 0 unspecified atom stereocenters. The van der Waals surface area contributed by atoms with Gasteiger partial charge in [0.15, 0.2) is 5.78 Å². The number of hydrogen-bond donors (Lipinski definition) is 1. The van der Waals surface area contributed by atoms with E-state index < -0.39 is 0 Å². The molecule has 0 radical (unpaired) electrons. The van der Waals surface area contributed by atoms with Gasteiger partial charge in [-0.2, -0.15) is 0 Å². The highest BCUT2D eigenvalue weighted by atomic mass is 16.3. The Labute approximate surface area is 156 Å². The monoisotopic (exact) mass is 348 g/mol. The molecule has 0 amide bonds. The number of hydrogen-bond acceptors (Lipinski definition) is 2. The average molecular weight is 349 g/mol. The summed E-state index contributed by atoms with van der Waals surface area (Å²) in [5.74, 6) is 0.503. The van der Waals surface area contributed by atoms with Gasteiger partial charge in [0, 0.05) is 24.5 Å². The molecule has 0 saturated heterocycles. The van der Waals surface area contributed by atoms with E-state index in [1.807, 2.05) is 12.1 Å². The number of aromatic hydroxyl groups is 1. The fraction of sp³-hybridized carbons (Fsp3) is 0.696. The van der Waals surface area contributed by atoms with Crippen LogP contribution >= 0.6 is 0 Å². The van der Waals surface area contributed by atoms with Gasteiger partial charge in [0.05, 0.1) is 0 Å². The summed E-state index contributed by atoms with van der Waals surface area (Å²) in [6.07, 6.45) is 6.96. The molecular formula is C23H38O2. The second-order valence-electron chi connectivity index (χ2n) is 9.21. The fourth-order valence-electron chi connectivity index (χ4n) is 3.08. The fourth-order valence-corrected chi connectivity index (χ4v) is 3.08. The van der Waals surface area contributed by atoms with E-state index in [-0.39, 0.29) is 16.6 Å². The van der Waals surface area contributed by atoms with Crippen molar-refractivity contribution in [3.05, 3.63) is 28.8 Å². The highest BCUT2D eigenvalue weighted by Crippen LogP contribution is 2.40. The van der Waals surface area contributed by atoms with Crippen LogP contribution in [0.2, 0.25) is 0 Å². The van der Waals surface area contributed by atoms with Crippen molar-refractivity contribution in [3.63, 3.8) is 0 Å². The van der Waals surface area contributed by atoms with E-state index in [1.54, 1.807) is 0 Å². The first kappa shape index (κ1) is 20.0. The summed E-state index contributed by atoms with van der Waals surface area (Å²) in [6, 6.07) is 3.78. The predicted molar refractivity (Wildman–Crippen MR) is 108 cm³/mol. The van der Waals surface area contributed by atoms with Gasteiger partial charge in [-0.3, -0.25) is 4.79 Å². The van der Waals surface area contributed by atoms with Gasteiger partial charge in [-0.25, -0.2) is 0 Å². The Kier molecular flexibility index (Phi) is 7.10. The second-order valence-corrected chi connectivity index (χ2v) is 9.21. The standard InChI is InChI=1S/C23H38O2/c1-8-9-10-11-12-13-14-20(24)17-15-18(22(2,3)4)21(25)19(16-17)23(5,6)7/h15-16,25H,8-14H2,1-7H3/i1T. The van der Waals surface area contributed by atoms with Crippen molar-refractivity contribution in [2.24, 2.45) is 0 Å². The molecule has 0 spiro atoms. The van der Waals surface area contributed by atoms with E-state index in [0.717, 1.165) is 55.2 Å². The van der Waals surface area contributed by atoms with Crippen molar-refractivity contribution in [2.75, 3.05) is 0 Å². The van der Waals surface area contributed by atoms with Gasteiger partial charge in [0.25, 0.3) is 0 Å². The van der Waals surface area contributed by atoms with Crippen LogP contribution < -0.4 is 0 Å². The number of phenols is 1. The molecule has 1 rings (SSSR count). The molecule has 0 bridgehead atoms. The Hall–Kier alpha value is -1.31.